The van der Waals surface area contributed by atoms with Gasteiger partial charge < -0.3 is 80.5 Å². The van der Waals surface area contributed by atoms with Crippen LogP contribution in [0.1, 0.15) is 149 Å². The van der Waals surface area contributed by atoms with Gasteiger partial charge in [-0.3, -0.25) is 33.6 Å². The number of ether oxygens (including phenoxy) is 17. The van der Waals surface area contributed by atoms with Crippen LogP contribution in [-0.2, 0) is 114 Å². The van der Waals surface area contributed by atoms with Crippen LogP contribution in [0.3, 0.4) is 0 Å². The SMILES string of the molecule is CCC1O[C@H](O[C@@H]2C(OC(C)=O)[C@@H](O[C@@H]3C(OC(C)=O)[C@@H](O[C@@H]4C(OC(C)=O)[C@@H](OC5[C@@H](OCCCCCCN=[N+]=[N-])OC(CC)[C@@H](C)[C@@H]5C)OC(COC(C)=O)[C@H]4C)OC(COC(C)=O)[C@H]3C)OC(COC(C)=O)[C@H]2C)C(OC(C)=O)[C@@H](C)[C@@H]1C. The molecule has 5 heterocycles. The van der Waals surface area contributed by atoms with Gasteiger partial charge in [-0.1, -0.05) is 80.3 Å². The Morgan fingerprint density at radius 1 is 0.372 bits per heavy atom. The fourth-order valence-corrected chi connectivity index (χ4v) is 11.9. The first-order chi connectivity index (χ1) is 40.7. The Kier molecular flexibility index (Phi) is 28.7. The quantitative estimate of drug-likeness (QED) is 0.0196. The summed E-state index contributed by atoms with van der Waals surface area (Å²) >= 11 is 0. The van der Waals surface area contributed by atoms with E-state index in [1.54, 1.807) is 20.8 Å². The molecule has 25 atom stereocenters. The van der Waals surface area contributed by atoms with E-state index >= 15 is 0 Å². The molecule has 0 N–H and O–H groups in total. The summed E-state index contributed by atoms with van der Waals surface area (Å²) in [6, 6.07) is 0. The molecule has 27 heteroatoms. The highest BCUT2D eigenvalue weighted by molar-refractivity contribution is 5.68. The van der Waals surface area contributed by atoms with Gasteiger partial charge in [0.05, 0.1) is 12.2 Å². The summed E-state index contributed by atoms with van der Waals surface area (Å²) < 4.78 is 108. The highest BCUT2D eigenvalue weighted by Crippen LogP contribution is 2.44. The van der Waals surface area contributed by atoms with Crippen LogP contribution in [0.4, 0.5) is 0 Å². The van der Waals surface area contributed by atoms with Crippen LogP contribution < -0.4 is 0 Å². The van der Waals surface area contributed by atoms with Gasteiger partial charge in [-0.05, 0) is 49.0 Å². The summed E-state index contributed by atoms with van der Waals surface area (Å²) in [6.45, 7) is 25.1. The molecule has 0 amide bonds. The molecule has 5 aliphatic rings. The number of unbranched alkanes of at least 4 members (excludes halogenated alkanes) is 3. The summed E-state index contributed by atoms with van der Waals surface area (Å²) in [5.41, 5.74) is 8.67. The Morgan fingerprint density at radius 2 is 0.686 bits per heavy atom. The van der Waals surface area contributed by atoms with Crippen molar-refractivity contribution in [3.05, 3.63) is 10.4 Å². The van der Waals surface area contributed by atoms with Crippen LogP contribution in [0, 0.1) is 41.4 Å². The molecule has 0 aromatic rings. The van der Waals surface area contributed by atoms with Gasteiger partial charge in [0.1, 0.15) is 62.5 Å². The molecule has 0 saturated carbocycles. The molecule has 0 aromatic carbocycles. The van der Waals surface area contributed by atoms with Crippen molar-refractivity contribution in [2.24, 2.45) is 46.5 Å². The van der Waals surface area contributed by atoms with Gasteiger partial charge in [0, 0.05) is 90.2 Å². The topological polar surface area (TPSA) is 325 Å². The van der Waals surface area contributed by atoms with Crippen molar-refractivity contribution in [2.45, 2.75) is 260 Å². The van der Waals surface area contributed by atoms with E-state index in [0.29, 0.717) is 32.4 Å². The van der Waals surface area contributed by atoms with E-state index in [0.717, 1.165) is 26.2 Å². The molecule has 5 rings (SSSR count). The molecular weight excluding hydrogens is 1130 g/mol. The van der Waals surface area contributed by atoms with Crippen molar-refractivity contribution in [2.75, 3.05) is 33.0 Å². The maximum absolute atomic E-state index is 13.5. The van der Waals surface area contributed by atoms with Crippen molar-refractivity contribution in [3.8, 4) is 0 Å². The number of esters is 7. The van der Waals surface area contributed by atoms with Crippen LogP contribution in [-0.4, -0.2) is 186 Å². The molecule has 27 nitrogen and oxygen atoms in total. The van der Waals surface area contributed by atoms with Crippen LogP contribution in [0.15, 0.2) is 5.11 Å². The molecule has 0 radical (unpaired) electrons. The largest absolute Gasteiger partial charge is 0.463 e. The number of azide groups is 1. The van der Waals surface area contributed by atoms with Crippen molar-refractivity contribution in [3.63, 3.8) is 0 Å². The van der Waals surface area contributed by atoms with Gasteiger partial charge in [-0.15, -0.1) is 0 Å². The van der Waals surface area contributed by atoms with Gasteiger partial charge in [0.2, 0.25) is 0 Å². The van der Waals surface area contributed by atoms with E-state index in [1.165, 1.54) is 41.5 Å². The Bertz CT molecular complexity index is 2270. The Balaban J connectivity index is 1.60. The van der Waals surface area contributed by atoms with Gasteiger partial charge in [0.25, 0.3) is 0 Å². The fourth-order valence-electron chi connectivity index (χ4n) is 11.9. The van der Waals surface area contributed by atoms with Crippen molar-refractivity contribution in [1.82, 2.24) is 0 Å². The first-order valence-corrected chi connectivity index (χ1v) is 30.3. The van der Waals surface area contributed by atoms with E-state index in [1.807, 2.05) is 41.5 Å². The zero-order valence-corrected chi connectivity index (χ0v) is 52.9. The van der Waals surface area contributed by atoms with Gasteiger partial charge in [0.15, 0.2) is 55.9 Å². The molecule has 10 unspecified atom stereocenters. The monoisotopic (exact) mass is 1230 g/mol. The highest BCUT2D eigenvalue weighted by Gasteiger charge is 2.58. The molecule has 0 aliphatic carbocycles. The highest BCUT2D eigenvalue weighted by atomic mass is 16.8. The summed E-state index contributed by atoms with van der Waals surface area (Å²) in [5, 5.41) is 3.61. The lowest BCUT2D eigenvalue weighted by Gasteiger charge is -2.52. The standard InChI is InChI=1S/C59H95N3O24/c1-17-42-28(3)30(5)50(55(78-42)70-24-22-20-19-21-23-61-62-60)86-59-54(77-41(16)69)49(34(9)46(82-59)27-73-37(12)65)85-58-53(76-40(15)68)48(33(8)45(81-58)26-72-36(11)64)84-57-52(75-39(14)67)47(32(7)44(80-57)25-71-35(10)63)83-56-51(74-38(13)66)31(6)29(4)43(18-2)79-56/h28-34,42-59H,17-27H2,1-16H3/t28-,29-,30-,31-,32+,33+,34+,42?,43?,44?,45?,46?,47-,48-,49-,50?,51?,52?,53?,54?,55-,56+,57+,58+,59+/m0/s1. The van der Waals surface area contributed by atoms with Crippen LogP contribution in [0.5, 0.6) is 0 Å². The molecule has 5 saturated heterocycles. The molecule has 5 fully saturated rings. The minimum Gasteiger partial charge on any atom is -0.463 e. The summed E-state index contributed by atoms with van der Waals surface area (Å²) in [6.07, 6.45) is -16.5. The minimum absolute atomic E-state index is 0.0629. The van der Waals surface area contributed by atoms with Gasteiger partial charge >= 0.3 is 41.8 Å². The van der Waals surface area contributed by atoms with E-state index in [-0.39, 0.29) is 49.1 Å². The summed E-state index contributed by atoms with van der Waals surface area (Å²) in [7, 11) is 0. The molecule has 0 bridgehead atoms. The molecule has 0 spiro atoms. The zero-order valence-electron chi connectivity index (χ0n) is 52.9. The average molecular weight is 1230 g/mol. The molecule has 86 heavy (non-hydrogen) atoms. The number of carbonyl (C=O) groups is 7. The predicted octanol–water partition coefficient (Wildman–Crippen LogP) is 6.73. The second kappa shape index (κ2) is 34.2. The van der Waals surface area contributed by atoms with E-state index in [9.17, 15) is 33.6 Å². The van der Waals surface area contributed by atoms with E-state index < -0.39 is 165 Å². The van der Waals surface area contributed by atoms with Crippen molar-refractivity contribution < 1.29 is 114 Å². The van der Waals surface area contributed by atoms with Crippen LogP contribution in [0.25, 0.3) is 10.4 Å². The number of rotatable bonds is 28. The van der Waals surface area contributed by atoms with Gasteiger partial charge in [-0.25, -0.2) is 0 Å². The fraction of sp³-hybridized carbons (Fsp3) is 0.881. The summed E-state index contributed by atoms with van der Waals surface area (Å²) in [5.74, 6) is -8.00. The number of nitrogens with zero attached hydrogens (tertiary/aromatic N) is 3. The van der Waals surface area contributed by atoms with Crippen LogP contribution >= 0.6 is 0 Å². The first kappa shape index (κ1) is 71.9. The third-order valence-corrected chi connectivity index (χ3v) is 17.1. The average Bonchev–Trinajstić information content (AvgIpc) is 1.39. The Labute approximate surface area is 504 Å². The maximum atomic E-state index is 13.5. The van der Waals surface area contributed by atoms with Crippen LogP contribution in [0.2, 0.25) is 0 Å². The van der Waals surface area contributed by atoms with E-state index in [2.05, 4.69) is 10.0 Å². The lowest BCUT2D eigenvalue weighted by molar-refractivity contribution is -0.386. The molecule has 0 aromatic heterocycles. The Morgan fingerprint density at radius 3 is 1.03 bits per heavy atom. The lowest BCUT2D eigenvalue weighted by Crippen LogP contribution is -2.66. The maximum Gasteiger partial charge on any atom is 0.303 e. The third-order valence-electron chi connectivity index (χ3n) is 17.1. The van der Waals surface area contributed by atoms with Gasteiger partial charge in [-0.2, -0.15) is 0 Å². The predicted molar refractivity (Wildman–Crippen MR) is 298 cm³/mol. The smallest absolute Gasteiger partial charge is 0.303 e. The first-order valence-electron chi connectivity index (χ1n) is 30.3. The molecule has 5 aliphatic heterocycles. The minimum atomic E-state index is -1.68. The van der Waals surface area contributed by atoms with Crippen molar-refractivity contribution >= 4 is 41.8 Å². The number of carbonyl (C=O) groups excluding carboxylic acids is 7. The second-order valence-corrected chi connectivity index (χ2v) is 23.4. The lowest BCUT2D eigenvalue weighted by atomic mass is 9.82. The summed E-state index contributed by atoms with van der Waals surface area (Å²) in [4.78, 5) is 93.0. The number of hydrogen-bond acceptors (Lipinski definition) is 25. The van der Waals surface area contributed by atoms with Crippen molar-refractivity contribution in [1.29, 1.82) is 0 Å². The third kappa shape index (κ3) is 19.9. The second-order valence-electron chi connectivity index (χ2n) is 23.4. The molecular formula is C59H95N3O24. The zero-order chi connectivity index (χ0) is 63.7. The number of hydrogen-bond donors (Lipinski definition) is 0. The Hall–Kier alpha value is -4.80. The van der Waals surface area contributed by atoms with E-state index in [4.69, 9.17) is 86.1 Å². The molecule has 490 valence electrons. The normalized spacial score (nSPS) is 38.0.